The lowest BCUT2D eigenvalue weighted by Crippen LogP contribution is -2.24. The van der Waals surface area contributed by atoms with E-state index < -0.39 is 0 Å². The first-order valence-corrected chi connectivity index (χ1v) is 6.34. The average molecular weight is 317 g/mol. The summed E-state index contributed by atoms with van der Waals surface area (Å²) in [6.45, 7) is 1.20. The molecule has 0 radical (unpaired) electrons. The maximum Gasteiger partial charge on any atom is 0.221 e. The summed E-state index contributed by atoms with van der Waals surface area (Å²) in [5, 5.41) is 15.4. The van der Waals surface area contributed by atoms with E-state index in [-0.39, 0.29) is 11.7 Å². The molecule has 1 aromatic carbocycles. The number of rotatable bonds is 6. The Balaban J connectivity index is 2.52. The molecule has 0 atom stereocenters. The Morgan fingerprint density at radius 2 is 2.22 bits per heavy atom. The summed E-state index contributed by atoms with van der Waals surface area (Å²) in [6, 6.07) is 3.57. The van der Waals surface area contributed by atoms with E-state index >= 15 is 0 Å². The van der Waals surface area contributed by atoms with Gasteiger partial charge in [0.2, 0.25) is 5.91 Å². The van der Waals surface area contributed by atoms with Gasteiger partial charge in [-0.15, -0.1) is 0 Å². The Bertz CT molecular complexity index is 424. The van der Waals surface area contributed by atoms with E-state index in [0.717, 1.165) is 5.56 Å². The second-order valence-electron chi connectivity index (χ2n) is 3.73. The predicted molar refractivity (Wildman–Crippen MR) is 72.7 cm³/mol. The van der Waals surface area contributed by atoms with Gasteiger partial charge in [-0.25, -0.2) is 0 Å². The van der Waals surface area contributed by atoms with Crippen LogP contribution in [-0.4, -0.2) is 31.7 Å². The molecule has 0 heterocycles. The van der Waals surface area contributed by atoms with Gasteiger partial charge in [0.05, 0.1) is 11.6 Å². The van der Waals surface area contributed by atoms with Crippen molar-refractivity contribution >= 4 is 21.8 Å². The Kier molecular flexibility index (Phi) is 5.94. The van der Waals surface area contributed by atoms with E-state index in [1.807, 2.05) is 6.07 Å². The topological polar surface area (TPSA) is 70.6 Å². The molecule has 0 spiro atoms. The molecule has 0 aliphatic carbocycles. The average Bonchev–Trinajstić information content (AvgIpc) is 2.38. The van der Waals surface area contributed by atoms with Gasteiger partial charge in [-0.3, -0.25) is 4.79 Å². The number of methoxy groups -OCH3 is 1. The maximum atomic E-state index is 11.0. The van der Waals surface area contributed by atoms with Gasteiger partial charge >= 0.3 is 0 Å². The lowest BCUT2D eigenvalue weighted by atomic mass is 10.2. The summed E-state index contributed by atoms with van der Waals surface area (Å²) in [4.78, 5) is 11.0. The number of halogens is 1. The molecule has 100 valence electrons. The summed E-state index contributed by atoms with van der Waals surface area (Å²) in [6.07, 6.45) is 0.437. The fourth-order valence-corrected chi connectivity index (χ4v) is 1.93. The molecule has 6 heteroatoms. The quantitative estimate of drug-likeness (QED) is 0.694. The number of nitrogens with one attached hydrogen (secondary N) is 2. The number of hydrogen-bond donors (Lipinski definition) is 3. The number of amides is 1. The normalized spacial score (nSPS) is 10.2. The van der Waals surface area contributed by atoms with Crippen molar-refractivity contribution in [2.24, 2.45) is 0 Å². The Labute approximate surface area is 115 Å². The largest absolute Gasteiger partial charge is 0.503 e. The van der Waals surface area contributed by atoms with Gasteiger partial charge in [-0.05, 0) is 33.6 Å². The van der Waals surface area contributed by atoms with Crippen LogP contribution in [0.2, 0.25) is 0 Å². The lowest BCUT2D eigenvalue weighted by molar-refractivity contribution is -0.120. The van der Waals surface area contributed by atoms with Crippen LogP contribution in [0.4, 0.5) is 0 Å². The fourth-order valence-electron chi connectivity index (χ4n) is 1.44. The minimum atomic E-state index is 0.00645. The van der Waals surface area contributed by atoms with Crippen molar-refractivity contribution in [1.82, 2.24) is 10.6 Å². The maximum absolute atomic E-state index is 11.0. The molecular formula is C12H17BrN2O3. The zero-order chi connectivity index (χ0) is 13.5. The summed E-state index contributed by atoms with van der Waals surface area (Å²) in [5.74, 6) is 0.519. The molecule has 1 amide bonds. The molecule has 0 saturated heterocycles. The number of benzene rings is 1. The van der Waals surface area contributed by atoms with Crippen molar-refractivity contribution in [3.8, 4) is 11.5 Å². The zero-order valence-electron chi connectivity index (χ0n) is 10.4. The number of phenols is 1. The van der Waals surface area contributed by atoms with Crippen LogP contribution >= 0.6 is 15.9 Å². The van der Waals surface area contributed by atoms with Gasteiger partial charge in [0.1, 0.15) is 0 Å². The van der Waals surface area contributed by atoms with Crippen molar-refractivity contribution in [3.05, 3.63) is 22.2 Å². The van der Waals surface area contributed by atoms with E-state index in [1.54, 1.807) is 13.1 Å². The van der Waals surface area contributed by atoms with Crippen LogP contribution in [0.15, 0.2) is 16.6 Å². The van der Waals surface area contributed by atoms with Crippen LogP contribution in [-0.2, 0) is 11.3 Å². The van der Waals surface area contributed by atoms with E-state index in [9.17, 15) is 9.90 Å². The van der Waals surface area contributed by atoms with Gasteiger partial charge in [0.15, 0.2) is 11.5 Å². The van der Waals surface area contributed by atoms with Crippen LogP contribution in [0.1, 0.15) is 12.0 Å². The minimum Gasteiger partial charge on any atom is -0.503 e. The monoisotopic (exact) mass is 316 g/mol. The van der Waals surface area contributed by atoms with Crippen LogP contribution in [0.5, 0.6) is 11.5 Å². The molecule has 0 aliphatic heterocycles. The molecule has 0 aliphatic rings. The highest BCUT2D eigenvalue weighted by atomic mass is 79.9. The number of carbonyl (C=O) groups is 1. The minimum absolute atomic E-state index is 0.00645. The van der Waals surface area contributed by atoms with E-state index in [2.05, 4.69) is 26.6 Å². The van der Waals surface area contributed by atoms with Crippen molar-refractivity contribution in [1.29, 1.82) is 0 Å². The van der Waals surface area contributed by atoms with Gasteiger partial charge in [0, 0.05) is 26.6 Å². The molecular weight excluding hydrogens is 300 g/mol. The van der Waals surface area contributed by atoms with E-state index in [1.165, 1.54) is 7.11 Å². The Hall–Kier alpha value is -1.27. The summed E-state index contributed by atoms with van der Waals surface area (Å²) >= 11 is 3.26. The third kappa shape index (κ3) is 4.19. The summed E-state index contributed by atoms with van der Waals surface area (Å²) < 4.78 is 5.64. The second-order valence-corrected chi connectivity index (χ2v) is 4.58. The molecule has 1 rings (SSSR count). The van der Waals surface area contributed by atoms with Crippen molar-refractivity contribution in [2.45, 2.75) is 13.0 Å². The molecule has 3 N–H and O–H groups in total. The molecule has 1 aromatic rings. The highest BCUT2D eigenvalue weighted by Gasteiger charge is 2.08. The highest BCUT2D eigenvalue weighted by Crippen LogP contribution is 2.35. The SMILES string of the molecule is CNC(=O)CCNCc1cc(Br)c(O)c(OC)c1. The highest BCUT2D eigenvalue weighted by molar-refractivity contribution is 9.10. The number of hydrogen-bond acceptors (Lipinski definition) is 4. The number of ether oxygens (including phenoxy) is 1. The van der Waals surface area contributed by atoms with Gasteiger partial charge in [0.25, 0.3) is 0 Å². The lowest BCUT2D eigenvalue weighted by Gasteiger charge is -2.09. The van der Waals surface area contributed by atoms with Crippen molar-refractivity contribution in [2.75, 3.05) is 20.7 Å². The molecule has 0 unspecified atom stereocenters. The Morgan fingerprint density at radius 1 is 1.50 bits per heavy atom. The van der Waals surface area contributed by atoms with Crippen LogP contribution < -0.4 is 15.4 Å². The third-order valence-corrected chi connectivity index (χ3v) is 3.05. The van der Waals surface area contributed by atoms with Gasteiger partial charge in [-0.1, -0.05) is 0 Å². The van der Waals surface area contributed by atoms with Crippen LogP contribution in [0, 0.1) is 0 Å². The van der Waals surface area contributed by atoms with Gasteiger partial charge < -0.3 is 20.5 Å². The summed E-state index contributed by atoms with van der Waals surface area (Å²) in [7, 11) is 3.12. The number of aromatic hydroxyl groups is 1. The molecule has 0 bridgehead atoms. The standard InChI is InChI=1S/C12H17BrN2O3/c1-14-11(16)3-4-15-7-8-5-9(13)12(17)10(6-8)18-2/h5-6,15,17H,3-4,7H2,1-2H3,(H,14,16). The summed E-state index contributed by atoms with van der Waals surface area (Å²) in [5.41, 5.74) is 0.966. The first-order chi connectivity index (χ1) is 8.58. The number of phenolic OH excluding ortho intramolecular Hbond substituents is 1. The first kappa shape index (κ1) is 14.8. The molecule has 0 fully saturated rings. The van der Waals surface area contributed by atoms with E-state index in [0.29, 0.717) is 29.7 Å². The van der Waals surface area contributed by atoms with Crippen molar-refractivity contribution in [3.63, 3.8) is 0 Å². The van der Waals surface area contributed by atoms with Crippen LogP contribution in [0.3, 0.4) is 0 Å². The van der Waals surface area contributed by atoms with Crippen molar-refractivity contribution < 1.29 is 14.6 Å². The predicted octanol–water partition coefficient (Wildman–Crippen LogP) is 1.39. The van der Waals surface area contributed by atoms with E-state index in [4.69, 9.17) is 4.74 Å². The molecule has 18 heavy (non-hydrogen) atoms. The first-order valence-electron chi connectivity index (χ1n) is 5.55. The smallest absolute Gasteiger partial charge is 0.221 e. The zero-order valence-corrected chi connectivity index (χ0v) is 12.0. The fraction of sp³-hybridized carbons (Fsp3) is 0.417. The van der Waals surface area contributed by atoms with Gasteiger partial charge in [-0.2, -0.15) is 0 Å². The third-order valence-electron chi connectivity index (χ3n) is 2.44. The number of carbonyl (C=O) groups excluding carboxylic acids is 1. The molecule has 5 nitrogen and oxygen atoms in total. The van der Waals surface area contributed by atoms with Crippen LogP contribution in [0.25, 0.3) is 0 Å². The second kappa shape index (κ2) is 7.23. The molecule has 0 saturated carbocycles. The Morgan fingerprint density at radius 3 is 2.83 bits per heavy atom. The molecule has 0 aromatic heterocycles.